The van der Waals surface area contributed by atoms with E-state index >= 15 is 0 Å². The molecule has 1 heterocycles. The fourth-order valence-corrected chi connectivity index (χ4v) is 2.70. The Morgan fingerprint density at radius 1 is 1.45 bits per heavy atom. The summed E-state index contributed by atoms with van der Waals surface area (Å²) in [5.41, 5.74) is 6.40. The smallest absolute Gasteiger partial charge is 0.256 e. The second kappa shape index (κ2) is 7.62. The molecule has 2 rings (SSSR count). The van der Waals surface area contributed by atoms with Gasteiger partial charge in [0.05, 0.1) is 0 Å². The van der Waals surface area contributed by atoms with Crippen molar-refractivity contribution >= 4 is 18.3 Å². The van der Waals surface area contributed by atoms with Crippen LogP contribution in [0.4, 0.5) is 0 Å². The highest BCUT2D eigenvalue weighted by molar-refractivity contribution is 5.85. The number of piperidine rings is 1. The average Bonchev–Trinajstić information content (AvgIpc) is 2.46. The van der Waals surface area contributed by atoms with Crippen molar-refractivity contribution in [3.63, 3.8) is 0 Å². The molecule has 1 amide bonds. The first kappa shape index (κ1) is 17.0. The van der Waals surface area contributed by atoms with Gasteiger partial charge in [-0.05, 0) is 24.3 Å². The molecule has 1 aromatic carbocycles. The monoisotopic (exact) mass is 298 g/mol. The Balaban J connectivity index is 0.00000200. The van der Waals surface area contributed by atoms with Gasteiger partial charge in [-0.15, -0.1) is 12.4 Å². The molecular weight excluding hydrogens is 276 g/mol. The van der Waals surface area contributed by atoms with Crippen LogP contribution in [0.2, 0.25) is 0 Å². The first-order valence-corrected chi connectivity index (χ1v) is 6.87. The fourth-order valence-electron chi connectivity index (χ4n) is 2.70. The van der Waals surface area contributed by atoms with Crippen LogP contribution in [0.25, 0.3) is 0 Å². The van der Waals surface area contributed by atoms with Gasteiger partial charge in [0.15, 0.2) is 6.10 Å². The molecule has 1 fully saturated rings. The van der Waals surface area contributed by atoms with E-state index < -0.39 is 6.10 Å². The predicted molar refractivity (Wildman–Crippen MR) is 81.6 cm³/mol. The maximum absolute atomic E-state index is 12.4. The number of benzene rings is 1. The maximum Gasteiger partial charge on any atom is 0.256 e. The van der Waals surface area contributed by atoms with Crippen LogP contribution < -0.4 is 5.73 Å². The lowest BCUT2D eigenvalue weighted by Crippen LogP contribution is -2.50. The minimum atomic E-state index is -1.08. The van der Waals surface area contributed by atoms with E-state index in [1.807, 2.05) is 18.2 Å². The summed E-state index contributed by atoms with van der Waals surface area (Å²) in [5.74, 6) is 0.361. The molecule has 112 valence electrons. The molecule has 3 atom stereocenters. The third-order valence-corrected chi connectivity index (χ3v) is 3.88. The number of halogens is 1. The van der Waals surface area contributed by atoms with Crippen molar-refractivity contribution in [1.29, 1.82) is 0 Å². The van der Waals surface area contributed by atoms with Gasteiger partial charge in [-0.25, -0.2) is 0 Å². The van der Waals surface area contributed by atoms with Gasteiger partial charge in [-0.1, -0.05) is 37.3 Å². The van der Waals surface area contributed by atoms with Crippen LogP contribution in [0.3, 0.4) is 0 Å². The Bertz CT molecular complexity index is 427. The molecule has 3 unspecified atom stereocenters. The molecule has 0 radical (unpaired) electrons. The van der Waals surface area contributed by atoms with E-state index in [9.17, 15) is 9.90 Å². The van der Waals surface area contributed by atoms with Crippen molar-refractivity contribution in [3.05, 3.63) is 35.9 Å². The van der Waals surface area contributed by atoms with E-state index in [-0.39, 0.29) is 24.4 Å². The lowest BCUT2D eigenvalue weighted by Gasteiger charge is -2.39. The van der Waals surface area contributed by atoms with Crippen molar-refractivity contribution < 1.29 is 9.90 Å². The summed E-state index contributed by atoms with van der Waals surface area (Å²) >= 11 is 0. The van der Waals surface area contributed by atoms with Crippen molar-refractivity contribution in [2.45, 2.75) is 31.9 Å². The van der Waals surface area contributed by atoms with Gasteiger partial charge in [0.1, 0.15) is 0 Å². The van der Waals surface area contributed by atoms with Gasteiger partial charge >= 0.3 is 0 Å². The molecule has 0 saturated carbocycles. The first-order chi connectivity index (χ1) is 9.13. The van der Waals surface area contributed by atoms with Crippen LogP contribution in [-0.4, -0.2) is 35.0 Å². The van der Waals surface area contributed by atoms with Gasteiger partial charge in [0.25, 0.3) is 5.91 Å². The van der Waals surface area contributed by atoms with Crippen LogP contribution in [-0.2, 0) is 4.79 Å². The highest BCUT2D eigenvalue weighted by Crippen LogP contribution is 2.25. The first-order valence-electron chi connectivity index (χ1n) is 6.87. The zero-order valence-electron chi connectivity index (χ0n) is 11.7. The molecular formula is C15H23ClN2O2. The zero-order valence-corrected chi connectivity index (χ0v) is 12.6. The summed E-state index contributed by atoms with van der Waals surface area (Å²) in [6.45, 7) is 3.32. The number of nitrogens with zero attached hydrogens (tertiary/aromatic N) is 1. The second-order valence-electron chi connectivity index (χ2n) is 5.36. The minimum Gasteiger partial charge on any atom is -0.378 e. The summed E-state index contributed by atoms with van der Waals surface area (Å²) in [5, 5.41) is 10.2. The Kier molecular flexibility index (Phi) is 6.46. The number of nitrogens with two attached hydrogens (primary N) is 1. The Hall–Kier alpha value is -1.10. The number of carbonyl (C=O) groups excluding carboxylic acids is 1. The molecule has 1 saturated heterocycles. The van der Waals surface area contributed by atoms with Gasteiger partial charge in [0.2, 0.25) is 0 Å². The Labute approximate surface area is 126 Å². The lowest BCUT2D eigenvalue weighted by atomic mass is 9.91. The van der Waals surface area contributed by atoms with Crippen LogP contribution in [0.1, 0.15) is 31.4 Å². The highest BCUT2D eigenvalue weighted by atomic mass is 35.5. The molecule has 0 bridgehead atoms. The number of carbonyl (C=O) groups is 1. The molecule has 0 aliphatic carbocycles. The molecule has 1 aliphatic heterocycles. The number of amides is 1. The number of rotatable bonds is 3. The van der Waals surface area contributed by atoms with Gasteiger partial charge < -0.3 is 15.7 Å². The van der Waals surface area contributed by atoms with E-state index in [4.69, 9.17) is 5.73 Å². The number of aliphatic hydroxyl groups excluding tert-OH is 1. The van der Waals surface area contributed by atoms with E-state index in [2.05, 4.69) is 6.92 Å². The van der Waals surface area contributed by atoms with Crippen LogP contribution in [0.15, 0.2) is 30.3 Å². The summed E-state index contributed by atoms with van der Waals surface area (Å²) in [7, 11) is 0. The Morgan fingerprint density at radius 3 is 2.70 bits per heavy atom. The average molecular weight is 299 g/mol. The quantitative estimate of drug-likeness (QED) is 0.893. The molecule has 1 aliphatic rings. The Morgan fingerprint density at radius 2 is 2.10 bits per heavy atom. The molecule has 0 spiro atoms. The minimum absolute atomic E-state index is 0. The van der Waals surface area contributed by atoms with E-state index in [0.717, 1.165) is 12.8 Å². The molecule has 3 N–H and O–H groups in total. The lowest BCUT2D eigenvalue weighted by molar-refractivity contribution is -0.144. The third-order valence-electron chi connectivity index (χ3n) is 3.88. The number of aliphatic hydroxyl groups is 1. The van der Waals surface area contributed by atoms with Gasteiger partial charge in [-0.2, -0.15) is 0 Å². The SMILES string of the molecule is CC1CCN(C(=O)C(O)c2ccccc2)C(CN)C1.Cl. The summed E-state index contributed by atoms with van der Waals surface area (Å²) in [6, 6.07) is 9.11. The molecule has 20 heavy (non-hydrogen) atoms. The molecule has 4 nitrogen and oxygen atoms in total. The summed E-state index contributed by atoms with van der Waals surface area (Å²) in [6.07, 6.45) is 0.816. The van der Waals surface area contributed by atoms with Crippen molar-refractivity contribution in [1.82, 2.24) is 4.90 Å². The summed E-state index contributed by atoms with van der Waals surface area (Å²) < 4.78 is 0. The van der Waals surface area contributed by atoms with E-state index in [1.54, 1.807) is 17.0 Å². The van der Waals surface area contributed by atoms with Gasteiger partial charge in [-0.3, -0.25) is 4.79 Å². The standard InChI is InChI=1S/C15H22N2O2.ClH/c1-11-7-8-17(13(9-11)10-16)15(19)14(18)12-5-3-2-4-6-12;/h2-6,11,13-14,18H,7-10,16H2,1H3;1H. The van der Waals surface area contributed by atoms with Crippen molar-refractivity contribution in [2.75, 3.05) is 13.1 Å². The van der Waals surface area contributed by atoms with Gasteiger partial charge in [0, 0.05) is 19.1 Å². The van der Waals surface area contributed by atoms with Crippen LogP contribution in [0, 0.1) is 5.92 Å². The molecule has 1 aromatic rings. The molecule has 0 aromatic heterocycles. The largest absolute Gasteiger partial charge is 0.378 e. The van der Waals surface area contributed by atoms with E-state index in [0.29, 0.717) is 24.6 Å². The topological polar surface area (TPSA) is 66.6 Å². The fraction of sp³-hybridized carbons (Fsp3) is 0.533. The van der Waals surface area contributed by atoms with Crippen molar-refractivity contribution in [3.8, 4) is 0 Å². The molecule has 5 heteroatoms. The number of likely N-dealkylation sites (tertiary alicyclic amines) is 1. The number of hydrogen-bond acceptors (Lipinski definition) is 3. The second-order valence-corrected chi connectivity index (χ2v) is 5.36. The van der Waals surface area contributed by atoms with Crippen molar-refractivity contribution in [2.24, 2.45) is 11.7 Å². The van der Waals surface area contributed by atoms with E-state index in [1.165, 1.54) is 0 Å². The predicted octanol–water partition coefficient (Wildman–Crippen LogP) is 1.73. The normalized spacial score (nSPS) is 23.9. The maximum atomic E-state index is 12.4. The third kappa shape index (κ3) is 3.72. The zero-order chi connectivity index (χ0) is 13.8. The highest BCUT2D eigenvalue weighted by Gasteiger charge is 2.32. The van der Waals surface area contributed by atoms with Crippen LogP contribution >= 0.6 is 12.4 Å². The summed E-state index contributed by atoms with van der Waals surface area (Å²) in [4.78, 5) is 14.1. The number of hydrogen-bond donors (Lipinski definition) is 2. The van der Waals surface area contributed by atoms with Crippen LogP contribution in [0.5, 0.6) is 0 Å².